The maximum Gasteiger partial charge on any atom is 0.0541 e. The van der Waals surface area contributed by atoms with Crippen LogP contribution in [0.15, 0.2) is 376 Å². The highest BCUT2D eigenvalue weighted by atomic mass is 15.0. The Morgan fingerprint density at radius 1 is 0.140 bits per heavy atom. The fourth-order valence-electron chi connectivity index (χ4n) is 16.5. The molecule has 0 saturated carbocycles. The van der Waals surface area contributed by atoms with Crippen molar-refractivity contribution in [3.63, 3.8) is 0 Å². The summed E-state index contributed by atoms with van der Waals surface area (Å²) in [4.78, 5) is 0. The van der Waals surface area contributed by atoms with E-state index in [1.165, 1.54) is 191 Å². The molecule has 21 rings (SSSR count). The summed E-state index contributed by atoms with van der Waals surface area (Å²) in [6.45, 7) is 0. The van der Waals surface area contributed by atoms with Gasteiger partial charge in [-0.15, -0.1) is 0 Å². The standard InChI is InChI=1S/C58H37N.C40H25N/c1-4-14-38(15-5-1)44-28-32-54-52(36-44)53-37-45(39-16-6-2-7-17-39)29-33-55(53)59(54)47-30-26-42-34-46(25-24-43(42)35-47)56-49-22-12-13-23-50(49)57(41-19-8-3-9-20-41)58-48-21-11-10-18-40(48)27-31-51(56)58;1-3-11-32-26(9-1)20-22-36-37(32)25-29-10-2-4-12-33(29)40(36)30-18-17-28-24-31(21-19-27(28)23-30)41-38-15-7-5-13-34(38)35-14-6-8-16-39(35)41/h1-37H;1-25H. The summed E-state index contributed by atoms with van der Waals surface area (Å²) in [5, 5.41) is 25.4. The van der Waals surface area contributed by atoms with Gasteiger partial charge in [0.25, 0.3) is 0 Å². The molecule has 0 radical (unpaired) electrons. The monoisotopic (exact) mass is 1270 g/mol. The Kier molecular flexibility index (Phi) is 13.3. The highest BCUT2D eigenvalue weighted by Gasteiger charge is 2.22. The lowest BCUT2D eigenvalue weighted by molar-refractivity contribution is 1.19. The van der Waals surface area contributed by atoms with Gasteiger partial charge in [-0.05, 0) is 221 Å². The number of fused-ring (bicyclic) bond motifs is 16. The van der Waals surface area contributed by atoms with E-state index in [1.54, 1.807) is 0 Å². The highest BCUT2D eigenvalue weighted by Crippen LogP contribution is 2.48. The quantitative estimate of drug-likeness (QED) is 0.111. The van der Waals surface area contributed by atoms with Gasteiger partial charge in [0.15, 0.2) is 0 Å². The number of rotatable bonds is 7. The van der Waals surface area contributed by atoms with Crippen LogP contribution >= 0.6 is 0 Å². The van der Waals surface area contributed by atoms with Crippen LogP contribution in [0.1, 0.15) is 0 Å². The fraction of sp³-hybridized carbons (Fsp3) is 0. The molecule has 0 spiro atoms. The lowest BCUT2D eigenvalue weighted by atomic mass is 9.84. The van der Waals surface area contributed by atoms with Crippen molar-refractivity contribution in [3.8, 4) is 67.0 Å². The third kappa shape index (κ3) is 9.33. The number of para-hydroxylation sites is 2. The molecule has 2 aromatic heterocycles. The fourth-order valence-corrected chi connectivity index (χ4v) is 16.5. The first-order valence-electron chi connectivity index (χ1n) is 34.6. The molecule has 0 aliphatic carbocycles. The zero-order chi connectivity index (χ0) is 65.8. The third-order valence-corrected chi connectivity index (χ3v) is 21.0. The largest absolute Gasteiger partial charge is 0.309 e. The van der Waals surface area contributed by atoms with E-state index in [9.17, 15) is 0 Å². The van der Waals surface area contributed by atoms with Gasteiger partial charge in [-0.3, -0.25) is 0 Å². The number of aromatic nitrogens is 2. The SMILES string of the molecule is c1ccc(-c2ccc3c(c2)c2cc(-c4ccccc4)ccc2n3-c2ccc3cc(-c4c5ccccc5c(-c5ccccc5)c5c4ccc4ccccc45)ccc3c2)cc1.c1ccc2c(-c3ccc4cc(-n5c6ccccc6c6ccccc65)ccc4c3)c3ccc4ccccc4c3cc2c1. The van der Waals surface area contributed by atoms with Gasteiger partial charge in [0, 0.05) is 32.9 Å². The van der Waals surface area contributed by atoms with Crippen molar-refractivity contribution in [2.75, 3.05) is 0 Å². The van der Waals surface area contributed by atoms with E-state index in [1.807, 2.05) is 0 Å². The first-order valence-corrected chi connectivity index (χ1v) is 34.6. The summed E-state index contributed by atoms with van der Waals surface area (Å²) in [7, 11) is 0. The average Bonchev–Trinajstić information content (AvgIpc) is 0.820. The predicted molar refractivity (Wildman–Crippen MR) is 429 cm³/mol. The minimum atomic E-state index is 1.15. The molecule has 21 aromatic rings. The lowest BCUT2D eigenvalue weighted by Crippen LogP contribution is -1.94. The van der Waals surface area contributed by atoms with Crippen molar-refractivity contribution in [2.45, 2.75) is 0 Å². The zero-order valence-corrected chi connectivity index (χ0v) is 54.7. The molecule has 0 atom stereocenters. The highest BCUT2D eigenvalue weighted by molar-refractivity contribution is 6.28. The zero-order valence-electron chi connectivity index (χ0n) is 54.7. The summed E-state index contributed by atoms with van der Waals surface area (Å²) in [6, 6.07) is 138. The Hall–Kier alpha value is -13.1. The van der Waals surface area contributed by atoms with Gasteiger partial charge in [-0.25, -0.2) is 0 Å². The van der Waals surface area contributed by atoms with Crippen LogP contribution in [0, 0.1) is 0 Å². The minimum Gasteiger partial charge on any atom is -0.309 e. The van der Waals surface area contributed by atoms with E-state index in [4.69, 9.17) is 0 Å². The van der Waals surface area contributed by atoms with Crippen LogP contribution in [-0.2, 0) is 0 Å². The van der Waals surface area contributed by atoms with Gasteiger partial charge in [0.1, 0.15) is 0 Å². The normalized spacial score (nSPS) is 11.8. The average molecular weight is 1270 g/mol. The van der Waals surface area contributed by atoms with Crippen LogP contribution in [0.25, 0.3) is 197 Å². The van der Waals surface area contributed by atoms with Crippen LogP contribution in [0.2, 0.25) is 0 Å². The van der Waals surface area contributed by atoms with Gasteiger partial charge < -0.3 is 9.13 Å². The number of hydrogen-bond acceptors (Lipinski definition) is 0. The molecule has 100 heavy (non-hydrogen) atoms. The van der Waals surface area contributed by atoms with E-state index in [0.29, 0.717) is 0 Å². The second-order valence-corrected chi connectivity index (χ2v) is 26.6. The van der Waals surface area contributed by atoms with Crippen molar-refractivity contribution in [1.82, 2.24) is 9.13 Å². The molecule has 0 N–H and O–H groups in total. The molecule has 0 fully saturated rings. The Labute approximate surface area is 578 Å². The van der Waals surface area contributed by atoms with E-state index in [2.05, 4.69) is 385 Å². The second kappa shape index (κ2) is 23.3. The number of benzene rings is 19. The van der Waals surface area contributed by atoms with E-state index >= 15 is 0 Å². The van der Waals surface area contributed by atoms with Gasteiger partial charge in [0.2, 0.25) is 0 Å². The molecule has 0 bridgehead atoms. The molecule has 19 aromatic carbocycles. The van der Waals surface area contributed by atoms with Crippen molar-refractivity contribution in [1.29, 1.82) is 0 Å². The van der Waals surface area contributed by atoms with Crippen LogP contribution in [0.4, 0.5) is 0 Å². The van der Waals surface area contributed by atoms with Gasteiger partial charge in [-0.2, -0.15) is 0 Å². The van der Waals surface area contributed by atoms with Crippen LogP contribution < -0.4 is 0 Å². The van der Waals surface area contributed by atoms with Crippen molar-refractivity contribution in [3.05, 3.63) is 376 Å². The Balaban J connectivity index is 0.000000144. The first kappa shape index (κ1) is 57.1. The Morgan fingerprint density at radius 2 is 0.500 bits per heavy atom. The van der Waals surface area contributed by atoms with E-state index < -0.39 is 0 Å². The predicted octanol–water partition coefficient (Wildman–Crippen LogP) is 27.1. The van der Waals surface area contributed by atoms with Crippen LogP contribution in [0.5, 0.6) is 0 Å². The van der Waals surface area contributed by atoms with Gasteiger partial charge in [0.05, 0.1) is 22.1 Å². The molecule has 2 nitrogen and oxygen atoms in total. The Bertz CT molecular complexity index is 6730. The molecule has 0 unspecified atom stereocenters. The number of hydrogen-bond donors (Lipinski definition) is 0. The molecule has 0 amide bonds. The molecule has 0 aliphatic heterocycles. The smallest absolute Gasteiger partial charge is 0.0541 e. The van der Waals surface area contributed by atoms with E-state index in [0.717, 1.165) is 5.69 Å². The summed E-state index contributed by atoms with van der Waals surface area (Å²) in [5.41, 5.74) is 19.7. The Morgan fingerprint density at radius 3 is 1.05 bits per heavy atom. The maximum atomic E-state index is 2.44. The van der Waals surface area contributed by atoms with Crippen LogP contribution in [-0.4, -0.2) is 9.13 Å². The van der Waals surface area contributed by atoms with Gasteiger partial charge in [-0.1, -0.05) is 297 Å². The van der Waals surface area contributed by atoms with Crippen molar-refractivity contribution in [2.24, 2.45) is 0 Å². The third-order valence-electron chi connectivity index (χ3n) is 21.0. The minimum absolute atomic E-state index is 1.15. The maximum absolute atomic E-state index is 2.44. The molecule has 0 aliphatic rings. The van der Waals surface area contributed by atoms with Crippen molar-refractivity contribution >= 4 is 130 Å². The summed E-state index contributed by atoms with van der Waals surface area (Å²) < 4.78 is 4.83. The second-order valence-electron chi connectivity index (χ2n) is 26.6. The van der Waals surface area contributed by atoms with Gasteiger partial charge >= 0.3 is 0 Å². The number of nitrogens with zero attached hydrogens (tertiary/aromatic N) is 2. The lowest BCUT2D eigenvalue weighted by Gasteiger charge is -2.19. The summed E-state index contributed by atoms with van der Waals surface area (Å²) >= 11 is 0. The molecule has 2 heterocycles. The van der Waals surface area contributed by atoms with Crippen LogP contribution in [0.3, 0.4) is 0 Å². The summed E-state index contributed by atoms with van der Waals surface area (Å²) in [6.07, 6.45) is 0. The molecular weight excluding hydrogens is 1210 g/mol. The first-order chi connectivity index (χ1) is 49.6. The summed E-state index contributed by atoms with van der Waals surface area (Å²) in [5.74, 6) is 0. The molecular formula is C98H62N2. The molecule has 464 valence electrons. The van der Waals surface area contributed by atoms with Crippen molar-refractivity contribution < 1.29 is 0 Å². The topological polar surface area (TPSA) is 9.86 Å². The molecule has 0 saturated heterocycles. The van der Waals surface area contributed by atoms with E-state index in [-0.39, 0.29) is 0 Å². The molecule has 2 heteroatoms.